The van der Waals surface area contributed by atoms with Crippen LogP contribution in [0, 0.1) is 6.92 Å². The van der Waals surface area contributed by atoms with Crippen LogP contribution in [0.1, 0.15) is 38.8 Å². The largest absolute Gasteiger partial charge is 0.336 e. The van der Waals surface area contributed by atoms with Gasteiger partial charge in [0.25, 0.3) is 0 Å². The van der Waals surface area contributed by atoms with E-state index in [-0.39, 0.29) is 36.2 Å². The smallest absolute Gasteiger partial charge is 0.243 e. The summed E-state index contributed by atoms with van der Waals surface area (Å²) in [7, 11) is 0. The number of nitrogens with zero attached hydrogens (tertiary/aromatic N) is 6. The second-order valence-corrected chi connectivity index (χ2v) is 10.6. The minimum atomic E-state index is -0.150. The maximum Gasteiger partial charge on any atom is 0.243 e. The fraction of sp³-hybridized carbons (Fsp3) is 0.435. The molecule has 11 heteroatoms. The SMILES string of the molecule is Cc1csc(NC(=O)CSc2nnc3n(CC(=O)N4C(C)CCCC4C)c4ccccc4n23)n1. The van der Waals surface area contributed by atoms with Crippen LogP contribution >= 0.6 is 23.1 Å². The zero-order chi connectivity index (χ0) is 23.8. The van der Waals surface area contributed by atoms with Crippen LogP contribution < -0.4 is 5.32 Å². The van der Waals surface area contributed by atoms with Crippen LogP contribution in [-0.4, -0.2) is 58.7 Å². The minimum absolute atomic E-state index is 0.0956. The number of likely N-dealkylation sites (tertiary alicyclic amines) is 1. The number of imidazole rings is 1. The lowest BCUT2D eigenvalue weighted by molar-refractivity contribution is -0.137. The first-order chi connectivity index (χ1) is 16.4. The van der Waals surface area contributed by atoms with E-state index in [1.165, 1.54) is 23.1 Å². The van der Waals surface area contributed by atoms with Crippen LogP contribution in [0.4, 0.5) is 5.13 Å². The van der Waals surface area contributed by atoms with Gasteiger partial charge in [-0.2, -0.15) is 0 Å². The van der Waals surface area contributed by atoms with Crippen molar-refractivity contribution in [3.63, 3.8) is 0 Å². The van der Waals surface area contributed by atoms with Crippen LogP contribution in [0.5, 0.6) is 0 Å². The highest BCUT2D eigenvalue weighted by Gasteiger charge is 2.30. The van der Waals surface area contributed by atoms with Crippen molar-refractivity contribution in [2.75, 3.05) is 11.1 Å². The number of aromatic nitrogens is 5. The Labute approximate surface area is 205 Å². The summed E-state index contributed by atoms with van der Waals surface area (Å²) in [6, 6.07) is 8.36. The zero-order valence-corrected chi connectivity index (χ0v) is 21.0. The molecule has 1 N–H and O–H groups in total. The minimum Gasteiger partial charge on any atom is -0.336 e. The molecule has 2 unspecified atom stereocenters. The molecule has 1 fully saturated rings. The summed E-state index contributed by atoms with van der Waals surface area (Å²) in [4.78, 5) is 32.1. The van der Waals surface area contributed by atoms with E-state index in [1.54, 1.807) is 0 Å². The Morgan fingerprint density at radius 2 is 1.88 bits per heavy atom. The number of thiazole rings is 1. The van der Waals surface area contributed by atoms with Gasteiger partial charge in [0.15, 0.2) is 10.3 Å². The number of anilines is 1. The van der Waals surface area contributed by atoms with Gasteiger partial charge in [-0.15, -0.1) is 21.5 Å². The molecular weight excluding hydrogens is 470 g/mol. The van der Waals surface area contributed by atoms with Gasteiger partial charge in [0.1, 0.15) is 6.54 Å². The predicted octanol–water partition coefficient (Wildman–Crippen LogP) is 3.97. The van der Waals surface area contributed by atoms with Gasteiger partial charge < -0.3 is 10.2 Å². The molecule has 0 bridgehead atoms. The molecule has 0 radical (unpaired) electrons. The Morgan fingerprint density at radius 1 is 1.15 bits per heavy atom. The molecule has 3 aromatic heterocycles. The highest BCUT2D eigenvalue weighted by atomic mass is 32.2. The average molecular weight is 498 g/mol. The molecule has 34 heavy (non-hydrogen) atoms. The van der Waals surface area contributed by atoms with E-state index in [4.69, 9.17) is 0 Å². The van der Waals surface area contributed by atoms with E-state index in [9.17, 15) is 9.59 Å². The predicted molar refractivity (Wildman–Crippen MR) is 134 cm³/mol. The van der Waals surface area contributed by atoms with E-state index in [0.717, 1.165) is 36.0 Å². The van der Waals surface area contributed by atoms with Crippen LogP contribution in [0.15, 0.2) is 34.8 Å². The lowest BCUT2D eigenvalue weighted by Gasteiger charge is -2.39. The lowest BCUT2D eigenvalue weighted by atomic mass is 9.97. The molecule has 4 aromatic rings. The number of amides is 2. The van der Waals surface area contributed by atoms with Crippen molar-refractivity contribution in [1.82, 2.24) is 29.0 Å². The number of carbonyl (C=O) groups excluding carboxylic acids is 2. The van der Waals surface area contributed by atoms with Gasteiger partial charge in [-0.1, -0.05) is 23.9 Å². The van der Waals surface area contributed by atoms with E-state index < -0.39 is 0 Å². The van der Waals surface area contributed by atoms with Gasteiger partial charge in [0.2, 0.25) is 17.6 Å². The molecular formula is C23H27N7O2S2. The van der Waals surface area contributed by atoms with Crippen molar-refractivity contribution < 1.29 is 9.59 Å². The molecule has 2 amide bonds. The third kappa shape index (κ3) is 4.29. The molecule has 1 aromatic carbocycles. The van der Waals surface area contributed by atoms with Crippen LogP contribution in [0.3, 0.4) is 0 Å². The third-order valence-corrected chi connectivity index (χ3v) is 8.05. The molecule has 178 valence electrons. The fourth-order valence-electron chi connectivity index (χ4n) is 4.71. The molecule has 2 atom stereocenters. The van der Waals surface area contributed by atoms with Crippen molar-refractivity contribution in [2.45, 2.75) is 63.8 Å². The highest BCUT2D eigenvalue weighted by molar-refractivity contribution is 7.99. The first-order valence-corrected chi connectivity index (χ1v) is 13.3. The number of nitrogens with one attached hydrogen (secondary N) is 1. The summed E-state index contributed by atoms with van der Waals surface area (Å²) in [5.74, 6) is 0.729. The van der Waals surface area contributed by atoms with Crippen molar-refractivity contribution >= 4 is 56.9 Å². The standard InChI is InChI=1S/C23H27N7O2S2/c1-14-12-33-21(24-14)25-19(31)13-34-23-27-26-22-28(17-9-4-5-10-18(17)30(22)23)11-20(32)29-15(2)7-6-8-16(29)3/h4-5,9-10,12,15-16H,6-8,11,13H2,1-3H3,(H,24,25,31). The number of carbonyl (C=O) groups is 2. The topological polar surface area (TPSA) is 97.4 Å². The second kappa shape index (κ2) is 9.38. The molecule has 0 aliphatic carbocycles. The number of aryl methyl sites for hydroxylation is 1. The zero-order valence-electron chi connectivity index (χ0n) is 19.4. The summed E-state index contributed by atoms with van der Waals surface area (Å²) < 4.78 is 3.86. The molecule has 9 nitrogen and oxygen atoms in total. The molecule has 1 saturated heterocycles. The molecule has 0 saturated carbocycles. The summed E-state index contributed by atoms with van der Waals surface area (Å²) in [5.41, 5.74) is 2.71. The molecule has 4 heterocycles. The van der Waals surface area contributed by atoms with Gasteiger partial charge in [-0.3, -0.25) is 18.6 Å². The number of piperidine rings is 1. The van der Waals surface area contributed by atoms with E-state index in [1.807, 2.05) is 50.4 Å². The number of thioether (sulfide) groups is 1. The Bertz CT molecular complexity index is 1350. The van der Waals surface area contributed by atoms with Crippen molar-refractivity contribution in [3.8, 4) is 0 Å². The Hall–Kier alpha value is -2.92. The van der Waals surface area contributed by atoms with Crippen molar-refractivity contribution in [1.29, 1.82) is 0 Å². The number of para-hydroxylation sites is 2. The summed E-state index contributed by atoms with van der Waals surface area (Å²) >= 11 is 2.71. The Morgan fingerprint density at radius 3 is 2.59 bits per heavy atom. The Balaban J connectivity index is 1.40. The van der Waals surface area contributed by atoms with E-state index in [2.05, 4.69) is 34.3 Å². The normalized spacial score (nSPS) is 18.6. The maximum absolute atomic E-state index is 13.4. The van der Waals surface area contributed by atoms with Crippen molar-refractivity contribution in [2.24, 2.45) is 0 Å². The highest BCUT2D eigenvalue weighted by Crippen LogP contribution is 2.28. The first kappa shape index (κ1) is 22.9. The van der Waals surface area contributed by atoms with Crippen LogP contribution in [0.2, 0.25) is 0 Å². The van der Waals surface area contributed by atoms with Crippen LogP contribution in [0.25, 0.3) is 16.8 Å². The first-order valence-electron chi connectivity index (χ1n) is 11.4. The van der Waals surface area contributed by atoms with Gasteiger partial charge in [-0.25, -0.2) is 4.98 Å². The Kier molecular flexibility index (Phi) is 6.30. The number of hydrogen-bond acceptors (Lipinski definition) is 7. The second-order valence-electron chi connectivity index (χ2n) is 8.75. The van der Waals surface area contributed by atoms with Gasteiger partial charge in [0.05, 0.1) is 22.5 Å². The fourth-order valence-corrected chi connectivity index (χ4v) is 6.16. The summed E-state index contributed by atoms with van der Waals surface area (Å²) in [5, 5.41) is 14.7. The number of benzene rings is 1. The van der Waals surface area contributed by atoms with Crippen LogP contribution in [-0.2, 0) is 16.1 Å². The maximum atomic E-state index is 13.4. The third-order valence-electron chi connectivity index (χ3n) is 6.24. The lowest BCUT2D eigenvalue weighted by Crippen LogP contribution is -2.48. The quantitative estimate of drug-likeness (QED) is 0.405. The number of hydrogen-bond donors (Lipinski definition) is 1. The average Bonchev–Trinajstić information content (AvgIpc) is 3.48. The summed E-state index contributed by atoms with van der Waals surface area (Å²) in [6.07, 6.45) is 3.22. The molecule has 1 aliphatic rings. The molecule has 1 aliphatic heterocycles. The summed E-state index contributed by atoms with van der Waals surface area (Å²) in [6.45, 7) is 6.35. The van der Waals surface area contributed by atoms with Gasteiger partial charge >= 0.3 is 0 Å². The number of fused-ring (bicyclic) bond motifs is 3. The molecule has 5 rings (SSSR count). The number of rotatable bonds is 6. The monoisotopic (exact) mass is 497 g/mol. The van der Waals surface area contributed by atoms with Gasteiger partial charge in [0, 0.05) is 17.5 Å². The van der Waals surface area contributed by atoms with Gasteiger partial charge in [-0.05, 0) is 52.2 Å². The van der Waals surface area contributed by atoms with E-state index >= 15 is 0 Å². The molecule has 0 spiro atoms. The van der Waals surface area contributed by atoms with Crippen molar-refractivity contribution in [3.05, 3.63) is 35.3 Å². The van der Waals surface area contributed by atoms with E-state index in [0.29, 0.717) is 16.1 Å².